The molecule has 1 saturated heterocycles. The van der Waals surface area contributed by atoms with Gasteiger partial charge in [-0.3, -0.25) is 19.1 Å². The molecule has 2 aliphatic rings. The molecule has 1 aromatic carbocycles. The van der Waals surface area contributed by atoms with Crippen LogP contribution in [0.5, 0.6) is 0 Å². The Morgan fingerprint density at radius 1 is 1.14 bits per heavy atom. The van der Waals surface area contributed by atoms with E-state index in [1.807, 2.05) is 37.1 Å². The Labute approximate surface area is 200 Å². The average molecular weight is 483 g/mol. The number of hydrogen-bond donors (Lipinski definition) is 0. The van der Waals surface area contributed by atoms with Gasteiger partial charge in [-0.25, -0.2) is 0 Å². The van der Waals surface area contributed by atoms with E-state index in [9.17, 15) is 22.8 Å². The van der Waals surface area contributed by atoms with E-state index in [0.717, 1.165) is 30.9 Å². The number of benzene rings is 1. The van der Waals surface area contributed by atoms with Gasteiger partial charge in [-0.15, -0.1) is 0 Å². The number of aromatic nitrogens is 2. The Hall–Kier alpha value is -3.62. The number of fused-ring (bicyclic) bond motifs is 3. The zero-order valence-electron chi connectivity index (χ0n) is 19.4. The molecule has 5 rings (SSSR count). The third kappa shape index (κ3) is 4.09. The minimum absolute atomic E-state index is 0.172. The fourth-order valence-corrected chi connectivity index (χ4v) is 5.22. The van der Waals surface area contributed by atoms with Gasteiger partial charge in [0.1, 0.15) is 0 Å². The van der Waals surface area contributed by atoms with Gasteiger partial charge >= 0.3 is 6.18 Å². The molecule has 0 saturated carbocycles. The minimum Gasteiger partial charge on any atom is -0.371 e. The zero-order valence-corrected chi connectivity index (χ0v) is 19.4. The van der Waals surface area contributed by atoms with Crippen molar-refractivity contribution in [2.45, 2.75) is 37.9 Å². The SMILES string of the molecule is CCC(=O)N1CCC2C(C1)c1ccc(-n3ccc(-c4ccc(C(F)(F)F)cn4)cc3=O)cc1N2C. The van der Waals surface area contributed by atoms with Crippen LogP contribution in [0.15, 0.2) is 59.7 Å². The molecule has 2 atom stereocenters. The molecule has 182 valence electrons. The van der Waals surface area contributed by atoms with Crippen molar-refractivity contribution in [1.29, 1.82) is 0 Å². The van der Waals surface area contributed by atoms with Crippen molar-refractivity contribution in [3.63, 3.8) is 0 Å². The van der Waals surface area contributed by atoms with E-state index in [4.69, 9.17) is 0 Å². The van der Waals surface area contributed by atoms with Crippen LogP contribution in [0.4, 0.5) is 18.9 Å². The normalized spacial score (nSPS) is 19.5. The van der Waals surface area contributed by atoms with E-state index < -0.39 is 11.7 Å². The number of carbonyl (C=O) groups is 1. The first-order valence-corrected chi connectivity index (χ1v) is 11.6. The summed E-state index contributed by atoms with van der Waals surface area (Å²) in [5, 5.41) is 0. The number of likely N-dealkylation sites (N-methyl/N-ethyl adjacent to an activating group) is 1. The van der Waals surface area contributed by atoms with Gasteiger partial charge in [0.25, 0.3) is 5.56 Å². The summed E-state index contributed by atoms with van der Waals surface area (Å²) < 4.78 is 39.9. The molecule has 3 aromatic rings. The molecule has 6 nitrogen and oxygen atoms in total. The van der Waals surface area contributed by atoms with E-state index in [1.54, 1.807) is 12.3 Å². The number of halogens is 3. The number of amides is 1. The second-order valence-electron chi connectivity index (χ2n) is 9.06. The predicted molar refractivity (Wildman–Crippen MR) is 127 cm³/mol. The largest absolute Gasteiger partial charge is 0.417 e. The third-order valence-electron chi connectivity index (χ3n) is 7.11. The van der Waals surface area contributed by atoms with Crippen LogP contribution >= 0.6 is 0 Å². The molecule has 0 bridgehead atoms. The topological polar surface area (TPSA) is 58.4 Å². The van der Waals surface area contributed by atoms with Crippen LogP contribution in [0.3, 0.4) is 0 Å². The molecule has 0 aliphatic carbocycles. The Morgan fingerprint density at radius 2 is 1.94 bits per heavy atom. The molecule has 0 radical (unpaired) electrons. The van der Waals surface area contributed by atoms with Crippen LogP contribution < -0.4 is 10.5 Å². The maximum absolute atomic E-state index is 12.9. The van der Waals surface area contributed by atoms with Crippen molar-refractivity contribution in [3.8, 4) is 16.9 Å². The van der Waals surface area contributed by atoms with Gasteiger partial charge < -0.3 is 9.80 Å². The molecule has 2 aromatic heterocycles. The van der Waals surface area contributed by atoms with Crippen LogP contribution in [0.2, 0.25) is 0 Å². The van der Waals surface area contributed by atoms with E-state index in [1.165, 1.54) is 22.3 Å². The number of carbonyl (C=O) groups excluding carboxylic acids is 1. The van der Waals surface area contributed by atoms with Crippen LogP contribution in [-0.4, -0.2) is 46.5 Å². The molecule has 1 fully saturated rings. The van der Waals surface area contributed by atoms with E-state index in [-0.39, 0.29) is 17.4 Å². The Bertz CT molecular complexity index is 1330. The molecule has 9 heteroatoms. The van der Waals surface area contributed by atoms with Crippen LogP contribution in [-0.2, 0) is 11.0 Å². The summed E-state index contributed by atoms with van der Waals surface area (Å²) in [7, 11) is 2.05. The number of piperidine rings is 1. The lowest BCUT2D eigenvalue weighted by Gasteiger charge is -2.37. The van der Waals surface area contributed by atoms with Crippen molar-refractivity contribution in [3.05, 3.63) is 76.3 Å². The Morgan fingerprint density at radius 3 is 2.60 bits per heavy atom. The van der Waals surface area contributed by atoms with Gasteiger partial charge in [-0.1, -0.05) is 13.0 Å². The van der Waals surface area contributed by atoms with Gasteiger partial charge in [0, 0.05) is 68.2 Å². The fraction of sp³-hybridized carbons (Fsp3) is 0.346. The van der Waals surface area contributed by atoms with Gasteiger partial charge in [-0.05, 0) is 42.3 Å². The molecular weight excluding hydrogens is 457 g/mol. The van der Waals surface area contributed by atoms with Gasteiger partial charge in [0.15, 0.2) is 0 Å². The van der Waals surface area contributed by atoms with Gasteiger partial charge in [0.2, 0.25) is 5.91 Å². The predicted octanol–water partition coefficient (Wildman–Crippen LogP) is 4.46. The Kier molecular flexibility index (Phi) is 5.65. The van der Waals surface area contributed by atoms with Gasteiger partial charge in [0.05, 0.1) is 16.9 Å². The van der Waals surface area contributed by atoms with Crippen molar-refractivity contribution in [1.82, 2.24) is 14.5 Å². The molecule has 1 amide bonds. The first kappa shape index (κ1) is 23.1. The smallest absolute Gasteiger partial charge is 0.371 e. The highest BCUT2D eigenvalue weighted by Crippen LogP contribution is 2.44. The molecule has 4 heterocycles. The van der Waals surface area contributed by atoms with Crippen LogP contribution in [0.25, 0.3) is 16.9 Å². The quantitative estimate of drug-likeness (QED) is 0.553. The molecule has 0 N–H and O–H groups in total. The summed E-state index contributed by atoms with van der Waals surface area (Å²) in [6.45, 7) is 3.33. The standard InChI is InChI=1S/C26H25F3N4O2/c1-3-24(34)32-10-9-22-20(15-32)19-6-5-18(13-23(19)31(22)2)33-11-8-16(12-25(33)35)21-7-4-17(14-30-21)26(27,28)29/h4-8,11-14,20,22H,3,9-10,15H2,1-2H3. The molecule has 0 spiro atoms. The zero-order chi connectivity index (χ0) is 24.9. The second kappa shape index (κ2) is 8.55. The maximum Gasteiger partial charge on any atom is 0.417 e. The molecule has 2 unspecified atom stereocenters. The third-order valence-corrected chi connectivity index (χ3v) is 7.11. The lowest BCUT2D eigenvalue weighted by Crippen LogP contribution is -2.47. The Balaban J connectivity index is 1.43. The maximum atomic E-state index is 12.9. The summed E-state index contributed by atoms with van der Waals surface area (Å²) in [6, 6.07) is 11.5. The van der Waals surface area contributed by atoms with Crippen LogP contribution in [0.1, 0.15) is 36.8 Å². The van der Waals surface area contributed by atoms with E-state index >= 15 is 0 Å². The molecule has 2 aliphatic heterocycles. The van der Waals surface area contributed by atoms with E-state index in [0.29, 0.717) is 36.0 Å². The lowest BCUT2D eigenvalue weighted by molar-refractivity contribution is -0.137. The number of anilines is 1. The summed E-state index contributed by atoms with van der Waals surface area (Å²) in [5.41, 5.74) is 2.53. The number of alkyl halides is 3. The van der Waals surface area contributed by atoms with Crippen molar-refractivity contribution < 1.29 is 18.0 Å². The number of rotatable bonds is 3. The fourth-order valence-electron chi connectivity index (χ4n) is 5.22. The molecular formula is C26H25F3N4O2. The number of hydrogen-bond acceptors (Lipinski definition) is 4. The summed E-state index contributed by atoms with van der Waals surface area (Å²) in [4.78, 5) is 33.2. The number of pyridine rings is 2. The van der Waals surface area contributed by atoms with Crippen molar-refractivity contribution in [2.24, 2.45) is 0 Å². The summed E-state index contributed by atoms with van der Waals surface area (Å²) in [6.07, 6.45) is -0.684. The highest BCUT2D eigenvalue weighted by molar-refractivity contribution is 5.76. The monoisotopic (exact) mass is 482 g/mol. The second-order valence-corrected chi connectivity index (χ2v) is 9.06. The summed E-state index contributed by atoms with van der Waals surface area (Å²) >= 11 is 0. The lowest BCUT2D eigenvalue weighted by atomic mass is 9.89. The summed E-state index contributed by atoms with van der Waals surface area (Å²) in [5.74, 6) is 0.406. The highest BCUT2D eigenvalue weighted by Gasteiger charge is 2.41. The van der Waals surface area contributed by atoms with Gasteiger partial charge in [-0.2, -0.15) is 13.2 Å². The first-order chi connectivity index (χ1) is 16.7. The van der Waals surface area contributed by atoms with Crippen LogP contribution in [0, 0.1) is 0 Å². The number of nitrogens with zero attached hydrogens (tertiary/aromatic N) is 4. The highest BCUT2D eigenvalue weighted by atomic mass is 19.4. The van der Waals surface area contributed by atoms with Crippen molar-refractivity contribution in [2.75, 3.05) is 25.0 Å². The average Bonchev–Trinajstić information content (AvgIpc) is 3.13. The first-order valence-electron chi connectivity index (χ1n) is 11.6. The van der Waals surface area contributed by atoms with E-state index in [2.05, 4.69) is 9.88 Å². The minimum atomic E-state index is -4.46. The number of likely N-dealkylation sites (tertiary alicyclic amines) is 1. The van der Waals surface area contributed by atoms with Crippen molar-refractivity contribution >= 4 is 11.6 Å². The molecule has 35 heavy (non-hydrogen) atoms.